The number of carbonyl (C=O) groups excluding carboxylic acids is 1. The van der Waals surface area contributed by atoms with Gasteiger partial charge >= 0.3 is 6.09 Å². The van der Waals surface area contributed by atoms with Crippen LogP contribution in [0.4, 0.5) is 16.2 Å². The highest BCUT2D eigenvalue weighted by Crippen LogP contribution is 2.18. The Morgan fingerprint density at radius 1 is 1.38 bits per heavy atom. The minimum Gasteiger partial charge on any atom is -0.444 e. The lowest BCUT2D eigenvalue weighted by atomic mass is 10.2. The first-order chi connectivity index (χ1) is 7.40. The summed E-state index contributed by atoms with van der Waals surface area (Å²) < 4.78 is 5.06. The molecule has 0 fully saturated rings. The van der Waals surface area contributed by atoms with Gasteiger partial charge in [0.1, 0.15) is 11.3 Å². The van der Waals surface area contributed by atoms with Crippen molar-refractivity contribution in [1.29, 1.82) is 0 Å². The van der Waals surface area contributed by atoms with Gasteiger partial charge in [-0.1, -0.05) is 6.07 Å². The van der Waals surface area contributed by atoms with E-state index < -0.39 is 11.7 Å². The molecular weight excluding hydrogens is 208 g/mol. The molecule has 1 aromatic rings. The fourth-order valence-electron chi connectivity index (χ4n) is 1.06. The molecule has 0 spiro atoms. The number of nitroso groups, excluding NO2 is 1. The Bertz CT molecular complexity index is 396. The number of hydrogen-bond donors (Lipinski definition) is 1. The second-order valence-electron chi connectivity index (χ2n) is 4.27. The van der Waals surface area contributed by atoms with Crippen LogP contribution in [0.1, 0.15) is 20.8 Å². The van der Waals surface area contributed by atoms with Crippen LogP contribution in [0.25, 0.3) is 0 Å². The van der Waals surface area contributed by atoms with Crippen LogP contribution in [0.15, 0.2) is 29.4 Å². The Morgan fingerprint density at radius 3 is 2.62 bits per heavy atom. The zero-order valence-corrected chi connectivity index (χ0v) is 9.48. The van der Waals surface area contributed by atoms with E-state index in [0.29, 0.717) is 5.69 Å². The first kappa shape index (κ1) is 12.2. The predicted molar refractivity (Wildman–Crippen MR) is 61.8 cm³/mol. The molecule has 1 N–H and O–H groups in total. The smallest absolute Gasteiger partial charge is 0.412 e. The Hall–Kier alpha value is -1.91. The van der Waals surface area contributed by atoms with E-state index in [1.54, 1.807) is 39.0 Å². The summed E-state index contributed by atoms with van der Waals surface area (Å²) in [4.78, 5) is 21.7. The summed E-state index contributed by atoms with van der Waals surface area (Å²) in [6, 6.07) is 6.30. The predicted octanol–water partition coefficient (Wildman–Crippen LogP) is 3.43. The minimum atomic E-state index is -0.560. The summed E-state index contributed by atoms with van der Waals surface area (Å²) >= 11 is 0. The molecular formula is C11H14N2O3. The molecule has 0 heterocycles. The monoisotopic (exact) mass is 222 g/mol. The van der Waals surface area contributed by atoms with Crippen LogP contribution < -0.4 is 5.32 Å². The summed E-state index contributed by atoms with van der Waals surface area (Å²) in [6.45, 7) is 5.32. The van der Waals surface area contributed by atoms with E-state index in [0.717, 1.165) is 0 Å². The maximum absolute atomic E-state index is 11.4. The Morgan fingerprint density at radius 2 is 2.06 bits per heavy atom. The van der Waals surface area contributed by atoms with E-state index in [4.69, 9.17) is 4.74 Å². The molecule has 5 nitrogen and oxygen atoms in total. The third kappa shape index (κ3) is 4.08. The van der Waals surface area contributed by atoms with Crippen LogP contribution in [-0.4, -0.2) is 11.7 Å². The van der Waals surface area contributed by atoms with Crippen molar-refractivity contribution in [3.8, 4) is 0 Å². The van der Waals surface area contributed by atoms with Crippen molar-refractivity contribution in [2.75, 3.05) is 5.32 Å². The van der Waals surface area contributed by atoms with E-state index in [1.807, 2.05) is 0 Å². The van der Waals surface area contributed by atoms with Gasteiger partial charge in [-0.3, -0.25) is 5.32 Å². The number of benzene rings is 1. The van der Waals surface area contributed by atoms with Crippen molar-refractivity contribution in [3.05, 3.63) is 29.2 Å². The highest BCUT2D eigenvalue weighted by molar-refractivity contribution is 5.85. The van der Waals surface area contributed by atoms with E-state index in [1.165, 1.54) is 6.07 Å². The zero-order chi connectivity index (χ0) is 12.2. The third-order valence-electron chi connectivity index (χ3n) is 1.60. The summed E-state index contributed by atoms with van der Waals surface area (Å²) in [5.41, 5.74) is 0.185. The van der Waals surface area contributed by atoms with Crippen LogP contribution in [-0.2, 0) is 4.74 Å². The molecule has 0 aliphatic heterocycles. The maximum atomic E-state index is 11.4. The highest BCUT2D eigenvalue weighted by atomic mass is 16.6. The van der Waals surface area contributed by atoms with E-state index in [2.05, 4.69) is 10.5 Å². The summed E-state index contributed by atoms with van der Waals surface area (Å²) in [5, 5.41) is 5.28. The van der Waals surface area contributed by atoms with Gasteiger partial charge in [-0.25, -0.2) is 4.79 Å². The summed E-state index contributed by atoms with van der Waals surface area (Å²) in [7, 11) is 0. The number of rotatable bonds is 2. The van der Waals surface area contributed by atoms with Crippen molar-refractivity contribution in [1.82, 2.24) is 0 Å². The lowest BCUT2D eigenvalue weighted by Gasteiger charge is -2.19. The molecule has 1 amide bonds. The molecule has 0 saturated heterocycles. The van der Waals surface area contributed by atoms with Crippen molar-refractivity contribution in [2.45, 2.75) is 26.4 Å². The highest BCUT2D eigenvalue weighted by Gasteiger charge is 2.16. The quantitative estimate of drug-likeness (QED) is 0.779. The van der Waals surface area contributed by atoms with Crippen molar-refractivity contribution < 1.29 is 9.53 Å². The molecule has 16 heavy (non-hydrogen) atoms. The standard InChI is InChI=1S/C11H14N2O3/c1-11(2,3)16-10(14)12-8-5-4-6-9(7-8)13-15/h4-7H,1-3H3,(H,12,14). The van der Waals surface area contributed by atoms with Crippen molar-refractivity contribution in [2.24, 2.45) is 5.18 Å². The number of ether oxygens (including phenoxy) is 1. The molecule has 1 rings (SSSR count). The van der Waals surface area contributed by atoms with Gasteiger partial charge in [-0.2, -0.15) is 0 Å². The molecule has 0 unspecified atom stereocenters. The molecule has 0 aromatic heterocycles. The fraction of sp³-hybridized carbons (Fsp3) is 0.364. The van der Waals surface area contributed by atoms with E-state index in [9.17, 15) is 9.70 Å². The Balaban J connectivity index is 2.66. The molecule has 86 valence electrons. The van der Waals surface area contributed by atoms with E-state index >= 15 is 0 Å². The van der Waals surface area contributed by atoms with Crippen LogP contribution in [0.5, 0.6) is 0 Å². The van der Waals surface area contributed by atoms with Gasteiger partial charge in [0.15, 0.2) is 0 Å². The molecule has 0 bridgehead atoms. The van der Waals surface area contributed by atoms with Crippen LogP contribution in [0.3, 0.4) is 0 Å². The summed E-state index contributed by atoms with van der Waals surface area (Å²) in [6.07, 6.45) is -0.560. The fourth-order valence-corrected chi connectivity index (χ4v) is 1.06. The van der Waals surface area contributed by atoms with Crippen LogP contribution in [0, 0.1) is 4.91 Å². The SMILES string of the molecule is CC(C)(C)OC(=O)Nc1cccc(N=O)c1. The minimum absolute atomic E-state index is 0.258. The van der Waals surface area contributed by atoms with Gasteiger partial charge in [-0.05, 0) is 44.1 Å². The molecule has 0 radical (unpaired) electrons. The van der Waals surface area contributed by atoms with Crippen LogP contribution in [0.2, 0.25) is 0 Å². The first-order valence-electron chi connectivity index (χ1n) is 4.84. The molecule has 5 heteroatoms. The van der Waals surface area contributed by atoms with Crippen molar-refractivity contribution >= 4 is 17.5 Å². The molecule has 0 saturated carbocycles. The second kappa shape index (κ2) is 4.74. The molecule has 0 atom stereocenters. The lowest BCUT2D eigenvalue weighted by Crippen LogP contribution is -2.27. The van der Waals surface area contributed by atoms with Gasteiger partial charge in [0.05, 0.1) is 0 Å². The second-order valence-corrected chi connectivity index (χ2v) is 4.27. The van der Waals surface area contributed by atoms with Gasteiger partial charge < -0.3 is 4.74 Å². The van der Waals surface area contributed by atoms with Crippen LogP contribution >= 0.6 is 0 Å². The third-order valence-corrected chi connectivity index (χ3v) is 1.60. The first-order valence-corrected chi connectivity index (χ1v) is 4.84. The molecule has 0 aliphatic rings. The average Bonchev–Trinajstić information content (AvgIpc) is 2.15. The Kier molecular flexibility index (Phi) is 3.60. The van der Waals surface area contributed by atoms with Crippen molar-refractivity contribution in [3.63, 3.8) is 0 Å². The number of amides is 1. The zero-order valence-electron chi connectivity index (χ0n) is 9.48. The van der Waals surface area contributed by atoms with Gasteiger partial charge in [0.25, 0.3) is 0 Å². The topological polar surface area (TPSA) is 67.8 Å². The number of nitrogens with one attached hydrogen (secondary N) is 1. The van der Waals surface area contributed by atoms with Gasteiger partial charge in [-0.15, -0.1) is 4.91 Å². The normalized spacial score (nSPS) is 10.7. The average molecular weight is 222 g/mol. The largest absolute Gasteiger partial charge is 0.444 e. The van der Waals surface area contributed by atoms with Gasteiger partial charge in [0.2, 0.25) is 0 Å². The van der Waals surface area contributed by atoms with Gasteiger partial charge in [0, 0.05) is 5.69 Å². The number of hydrogen-bond acceptors (Lipinski definition) is 4. The number of nitrogens with zero attached hydrogens (tertiary/aromatic N) is 1. The number of carbonyl (C=O) groups is 1. The number of anilines is 1. The molecule has 1 aromatic carbocycles. The summed E-state index contributed by atoms with van der Waals surface area (Å²) in [5.74, 6) is 0. The maximum Gasteiger partial charge on any atom is 0.412 e. The lowest BCUT2D eigenvalue weighted by molar-refractivity contribution is 0.0636. The Labute approximate surface area is 93.8 Å². The van der Waals surface area contributed by atoms with E-state index in [-0.39, 0.29) is 5.69 Å². The molecule has 0 aliphatic carbocycles.